The van der Waals surface area contributed by atoms with Gasteiger partial charge in [0.05, 0.1) is 17.1 Å². The standard InChI is InChI=1S/C14H14BrFO4/c1-14(5-6-14)10(17)7-20-12-9(16)4-3-8(11(12)15)13(18)19-2/h3-4H,5-7H2,1-2H3. The molecule has 6 heteroatoms. The molecule has 1 fully saturated rings. The molecular weight excluding hydrogens is 331 g/mol. The van der Waals surface area contributed by atoms with Crippen LogP contribution in [-0.4, -0.2) is 25.5 Å². The molecule has 0 radical (unpaired) electrons. The summed E-state index contributed by atoms with van der Waals surface area (Å²) in [4.78, 5) is 23.4. The summed E-state index contributed by atoms with van der Waals surface area (Å²) in [5.41, 5.74) is -0.183. The molecule has 0 heterocycles. The highest BCUT2D eigenvalue weighted by molar-refractivity contribution is 9.10. The van der Waals surface area contributed by atoms with E-state index in [0.717, 1.165) is 18.9 Å². The quantitative estimate of drug-likeness (QED) is 0.770. The summed E-state index contributed by atoms with van der Waals surface area (Å²) >= 11 is 3.11. The van der Waals surface area contributed by atoms with Crippen molar-refractivity contribution in [3.8, 4) is 5.75 Å². The molecule has 2 rings (SSSR count). The van der Waals surface area contributed by atoms with Gasteiger partial charge in [-0.15, -0.1) is 0 Å². The van der Waals surface area contributed by atoms with Crippen molar-refractivity contribution in [1.29, 1.82) is 0 Å². The molecule has 1 saturated carbocycles. The second kappa shape index (κ2) is 5.52. The van der Waals surface area contributed by atoms with Crippen LogP contribution in [0.1, 0.15) is 30.1 Å². The fourth-order valence-corrected chi connectivity index (χ4v) is 2.31. The van der Waals surface area contributed by atoms with Crippen LogP contribution < -0.4 is 4.74 Å². The molecule has 0 unspecified atom stereocenters. The number of Topliss-reactive ketones (excluding diaryl/α,β-unsaturated/α-hetero) is 1. The van der Waals surface area contributed by atoms with Gasteiger partial charge in [-0.2, -0.15) is 0 Å². The lowest BCUT2D eigenvalue weighted by Crippen LogP contribution is -2.21. The molecule has 0 atom stereocenters. The average Bonchev–Trinajstić information content (AvgIpc) is 3.17. The van der Waals surface area contributed by atoms with Crippen molar-refractivity contribution in [2.24, 2.45) is 5.41 Å². The van der Waals surface area contributed by atoms with E-state index >= 15 is 0 Å². The minimum Gasteiger partial charge on any atom is -0.482 e. The normalized spacial score (nSPS) is 15.6. The number of benzene rings is 1. The molecule has 1 aromatic rings. The summed E-state index contributed by atoms with van der Waals surface area (Å²) in [5.74, 6) is -1.46. The van der Waals surface area contributed by atoms with Gasteiger partial charge < -0.3 is 9.47 Å². The molecule has 0 aromatic heterocycles. The number of methoxy groups -OCH3 is 1. The van der Waals surface area contributed by atoms with Crippen LogP contribution >= 0.6 is 15.9 Å². The number of carbonyl (C=O) groups is 2. The van der Waals surface area contributed by atoms with Crippen LogP contribution in [0.4, 0.5) is 4.39 Å². The molecule has 0 saturated heterocycles. The highest BCUT2D eigenvalue weighted by atomic mass is 79.9. The van der Waals surface area contributed by atoms with Crippen molar-refractivity contribution < 1.29 is 23.5 Å². The Morgan fingerprint density at radius 1 is 1.40 bits per heavy atom. The molecule has 0 N–H and O–H groups in total. The summed E-state index contributed by atoms with van der Waals surface area (Å²) in [6.07, 6.45) is 1.67. The highest BCUT2D eigenvalue weighted by Crippen LogP contribution is 2.46. The summed E-state index contributed by atoms with van der Waals surface area (Å²) in [6, 6.07) is 2.40. The number of carbonyl (C=O) groups excluding carboxylic acids is 2. The second-order valence-electron chi connectivity index (χ2n) is 5.00. The Kier molecular flexibility index (Phi) is 4.13. The molecule has 1 aliphatic rings. The molecular formula is C14H14BrFO4. The number of esters is 1. The highest BCUT2D eigenvalue weighted by Gasteiger charge is 2.44. The number of hydrogen-bond acceptors (Lipinski definition) is 4. The van der Waals surface area contributed by atoms with E-state index in [-0.39, 0.29) is 33.6 Å². The monoisotopic (exact) mass is 344 g/mol. The number of rotatable bonds is 5. The first-order valence-electron chi connectivity index (χ1n) is 6.11. The van der Waals surface area contributed by atoms with E-state index in [1.54, 1.807) is 0 Å². The van der Waals surface area contributed by atoms with Gasteiger partial charge in [-0.25, -0.2) is 9.18 Å². The Hall–Kier alpha value is -1.43. The van der Waals surface area contributed by atoms with Gasteiger partial charge in [0.1, 0.15) is 6.61 Å². The van der Waals surface area contributed by atoms with Crippen molar-refractivity contribution in [1.82, 2.24) is 0 Å². The van der Waals surface area contributed by atoms with E-state index in [4.69, 9.17) is 4.74 Å². The van der Waals surface area contributed by atoms with Crippen LogP contribution in [0, 0.1) is 11.2 Å². The molecule has 1 aliphatic carbocycles. The van der Waals surface area contributed by atoms with Gasteiger partial charge >= 0.3 is 5.97 Å². The fraction of sp³-hybridized carbons (Fsp3) is 0.429. The van der Waals surface area contributed by atoms with Crippen LogP contribution in [0.25, 0.3) is 0 Å². The first-order chi connectivity index (χ1) is 9.39. The van der Waals surface area contributed by atoms with Gasteiger partial charge in [-0.1, -0.05) is 6.92 Å². The lowest BCUT2D eigenvalue weighted by molar-refractivity contribution is -0.125. The Morgan fingerprint density at radius 3 is 2.60 bits per heavy atom. The van der Waals surface area contributed by atoms with Gasteiger partial charge in [0.2, 0.25) is 0 Å². The summed E-state index contributed by atoms with van der Waals surface area (Å²) in [6.45, 7) is 1.64. The first kappa shape index (κ1) is 15.0. The van der Waals surface area contributed by atoms with Crippen LogP contribution in [0.5, 0.6) is 5.75 Å². The average molecular weight is 345 g/mol. The zero-order valence-electron chi connectivity index (χ0n) is 11.2. The Bertz CT molecular complexity index is 567. The topological polar surface area (TPSA) is 52.6 Å². The van der Waals surface area contributed by atoms with Crippen molar-refractivity contribution in [2.45, 2.75) is 19.8 Å². The van der Waals surface area contributed by atoms with E-state index in [9.17, 15) is 14.0 Å². The lowest BCUT2D eigenvalue weighted by atomic mass is 10.1. The molecule has 0 spiro atoms. The van der Waals surface area contributed by atoms with E-state index in [1.807, 2.05) is 6.92 Å². The van der Waals surface area contributed by atoms with Crippen LogP contribution in [0.15, 0.2) is 16.6 Å². The fourth-order valence-electron chi connectivity index (χ4n) is 1.71. The maximum absolute atomic E-state index is 13.7. The van der Waals surface area contributed by atoms with Crippen molar-refractivity contribution >= 4 is 27.7 Å². The van der Waals surface area contributed by atoms with Gasteiger partial charge in [-0.05, 0) is 40.9 Å². The van der Waals surface area contributed by atoms with Crippen molar-refractivity contribution in [3.05, 3.63) is 28.0 Å². The number of ketones is 1. The van der Waals surface area contributed by atoms with Crippen molar-refractivity contribution in [3.63, 3.8) is 0 Å². The summed E-state index contributed by atoms with van der Waals surface area (Å²) < 4.78 is 23.7. The Balaban J connectivity index is 2.18. The zero-order valence-corrected chi connectivity index (χ0v) is 12.8. The third kappa shape index (κ3) is 2.85. The third-order valence-corrected chi connectivity index (χ3v) is 4.26. The van der Waals surface area contributed by atoms with Crippen LogP contribution in [-0.2, 0) is 9.53 Å². The van der Waals surface area contributed by atoms with E-state index in [2.05, 4.69) is 20.7 Å². The van der Waals surface area contributed by atoms with Gasteiger partial charge in [0.15, 0.2) is 17.3 Å². The molecule has 20 heavy (non-hydrogen) atoms. The summed E-state index contributed by atoms with van der Waals surface area (Å²) in [7, 11) is 1.23. The summed E-state index contributed by atoms with van der Waals surface area (Å²) in [5, 5.41) is 0. The van der Waals surface area contributed by atoms with Crippen LogP contribution in [0.3, 0.4) is 0 Å². The zero-order chi connectivity index (χ0) is 14.9. The predicted octanol–water partition coefficient (Wildman–Crippen LogP) is 3.12. The Labute approximate surface area is 124 Å². The minimum atomic E-state index is -0.640. The SMILES string of the molecule is COC(=O)c1ccc(F)c(OCC(=O)C2(C)CC2)c1Br. The van der Waals surface area contributed by atoms with Crippen molar-refractivity contribution in [2.75, 3.05) is 13.7 Å². The number of halogens is 2. The van der Waals surface area contributed by atoms with Gasteiger partial charge in [0, 0.05) is 5.41 Å². The van der Waals surface area contributed by atoms with Gasteiger partial charge in [0.25, 0.3) is 0 Å². The second-order valence-corrected chi connectivity index (χ2v) is 5.80. The van der Waals surface area contributed by atoms with Crippen LogP contribution in [0.2, 0.25) is 0 Å². The Morgan fingerprint density at radius 2 is 2.05 bits per heavy atom. The third-order valence-electron chi connectivity index (χ3n) is 3.48. The van der Waals surface area contributed by atoms with E-state index < -0.39 is 11.8 Å². The largest absolute Gasteiger partial charge is 0.482 e. The number of hydrogen-bond donors (Lipinski definition) is 0. The molecule has 108 valence electrons. The lowest BCUT2D eigenvalue weighted by Gasteiger charge is -2.13. The minimum absolute atomic E-state index is 0.0627. The maximum atomic E-state index is 13.7. The van der Waals surface area contributed by atoms with E-state index in [1.165, 1.54) is 13.2 Å². The molecule has 1 aromatic carbocycles. The molecule has 4 nitrogen and oxygen atoms in total. The molecule has 0 aliphatic heterocycles. The first-order valence-corrected chi connectivity index (χ1v) is 6.91. The molecule has 0 bridgehead atoms. The smallest absolute Gasteiger partial charge is 0.339 e. The number of ether oxygens (including phenoxy) is 2. The van der Waals surface area contributed by atoms with Gasteiger partial charge in [-0.3, -0.25) is 4.79 Å². The maximum Gasteiger partial charge on any atom is 0.339 e. The molecule has 0 amide bonds. The predicted molar refractivity (Wildman–Crippen MR) is 73.3 cm³/mol. The van der Waals surface area contributed by atoms with E-state index in [0.29, 0.717) is 0 Å².